The molecular weight excluding hydrogens is 200 g/mol. The van der Waals surface area contributed by atoms with Crippen LogP contribution in [0.15, 0.2) is 0 Å². The summed E-state index contributed by atoms with van der Waals surface area (Å²) >= 11 is 0. The van der Waals surface area contributed by atoms with Gasteiger partial charge in [0.15, 0.2) is 5.78 Å². The summed E-state index contributed by atoms with van der Waals surface area (Å²) in [6.07, 6.45) is 9.05. The number of ether oxygens (including phenoxy) is 1. The molecule has 0 N–H and O–H groups in total. The van der Waals surface area contributed by atoms with Gasteiger partial charge < -0.3 is 4.74 Å². The summed E-state index contributed by atoms with van der Waals surface area (Å²) < 4.78 is 5.51. The summed E-state index contributed by atoms with van der Waals surface area (Å²) in [5, 5.41) is 0. The molecule has 0 bridgehead atoms. The Kier molecular flexibility index (Phi) is 3.68. The normalized spacial score (nSPS) is 33.1. The zero-order valence-electron chi connectivity index (χ0n) is 10.6. The minimum atomic E-state index is -0.375. The quantitative estimate of drug-likeness (QED) is 0.732. The fourth-order valence-electron chi connectivity index (χ4n) is 3.32. The standard InChI is InChI=1S/C14H24O2/c1-3-11-6-4-7-12(10-11)13(15)14(16-2)8-5-9-14/h11-12H,3-10H2,1-2H3. The molecule has 0 saturated heterocycles. The summed E-state index contributed by atoms with van der Waals surface area (Å²) in [4.78, 5) is 12.5. The summed E-state index contributed by atoms with van der Waals surface area (Å²) in [5.41, 5.74) is -0.375. The molecule has 2 aliphatic rings. The van der Waals surface area contributed by atoms with Gasteiger partial charge in [-0.2, -0.15) is 0 Å². The van der Waals surface area contributed by atoms with Crippen molar-refractivity contribution in [3.63, 3.8) is 0 Å². The van der Waals surface area contributed by atoms with Crippen LogP contribution in [0.2, 0.25) is 0 Å². The van der Waals surface area contributed by atoms with Crippen molar-refractivity contribution in [2.75, 3.05) is 7.11 Å². The van der Waals surface area contributed by atoms with E-state index < -0.39 is 0 Å². The molecule has 0 spiro atoms. The average Bonchev–Trinajstić information content (AvgIpc) is 2.28. The van der Waals surface area contributed by atoms with E-state index in [1.807, 2.05) is 0 Å². The van der Waals surface area contributed by atoms with Crippen LogP contribution in [-0.4, -0.2) is 18.5 Å². The zero-order valence-corrected chi connectivity index (χ0v) is 10.6. The molecule has 0 amide bonds. The number of ketones is 1. The fourth-order valence-corrected chi connectivity index (χ4v) is 3.32. The second-order valence-corrected chi connectivity index (χ2v) is 5.55. The lowest BCUT2D eigenvalue weighted by Gasteiger charge is -2.42. The Bertz CT molecular complexity index is 250. The highest BCUT2D eigenvalue weighted by molar-refractivity contribution is 5.90. The van der Waals surface area contributed by atoms with E-state index >= 15 is 0 Å². The van der Waals surface area contributed by atoms with Crippen molar-refractivity contribution in [1.29, 1.82) is 0 Å². The Morgan fingerprint density at radius 3 is 2.56 bits per heavy atom. The molecule has 2 rings (SSSR count). The molecule has 0 aromatic carbocycles. The van der Waals surface area contributed by atoms with E-state index in [1.54, 1.807) is 7.11 Å². The predicted octanol–water partition coefficient (Wildman–Crippen LogP) is 3.34. The largest absolute Gasteiger partial charge is 0.370 e. The van der Waals surface area contributed by atoms with Crippen LogP contribution in [0.25, 0.3) is 0 Å². The van der Waals surface area contributed by atoms with Gasteiger partial charge in [0.25, 0.3) is 0 Å². The van der Waals surface area contributed by atoms with Crippen molar-refractivity contribution < 1.29 is 9.53 Å². The Labute approximate surface area is 98.7 Å². The number of carbonyl (C=O) groups is 1. The van der Waals surface area contributed by atoms with Gasteiger partial charge in [-0.1, -0.05) is 26.2 Å². The first-order valence-electron chi connectivity index (χ1n) is 6.81. The molecule has 2 atom stereocenters. The highest BCUT2D eigenvalue weighted by Crippen LogP contribution is 2.42. The summed E-state index contributed by atoms with van der Waals surface area (Å²) in [6.45, 7) is 2.24. The van der Waals surface area contributed by atoms with Crippen LogP contribution in [0.4, 0.5) is 0 Å². The Morgan fingerprint density at radius 2 is 2.06 bits per heavy atom. The molecule has 0 aromatic heterocycles. The Hall–Kier alpha value is -0.370. The molecule has 16 heavy (non-hydrogen) atoms. The lowest BCUT2D eigenvalue weighted by atomic mass is 9.68. The molecule has 2 fully saturated rings. The lowest BCUT2D eigenvalue weighted by molar-refractivity contribution is -0.157. The van der Waals surface area contributed by atoms with E-state index in [0.29, 0.717) is 11.7 Å². The summed E-state index contributed by atoms with van der Waals surface area (Å²) in [5.74, 6) is 1.48. The Balaban J connectivity index is 1.98. The van der Waals surface area contributed by atoms with E-state index in [9.17, 15) is 4.79 Å². The van der Waals surface area contributed by atoms with Crippen LogP contribution in [-0.2, 0) is 9.53 Å². The number of methoxy groups -OCH3 is 1. The monoisotopic (exact) mass is 224 g/mol. The number of rotatable bonds is 4. The zero-order chi connectivity index (χ0) is 11.6. The van der Waals surface area contributed by atoms with Crippen LogP contribution in [0.5, 0.6) is 0 Å². The molecule has 0 aromatic rings. The van der Waals surface area contributed by atoms with Crippen molar-refractivity contribution in [3.8, 4) is 0 Å². The third kappa shape index (κ3) is 2.04. The van der Waals surface area contributed by atoms with E-state index in [1.165, 1.54) is 19.3 Å². The third-order valence-electron chi connectivity index (χ3n) is 4.73. The van der Waals surface area contributed by atoms with Crippen molar-refractivity contribution in [1.82, 2.24) is 0 Å². The molecule has 2 saturated carbocycles. The number of hydrogen-bond donors (Lipinski definition) is 0. The van der Waals surface area contributed by atoms with Crippen molar-refractivity contribution in [3.05, 3.63) is 0 Å². The molecular formula is C14H24O2. The molecule has 92 valence electrons. The molecule has 2 unspecified atom stereocenters. The van der Waals surface area contributed by atoms with Gasteiger partial charge in [-0.05, 0) is 38.0 Å². The van der Waals surface area contributed by atoms with Crippen LogP contribution >= 0.6 is 0 Å². The number of hydrogen-bond acceptors (Lipinski definition) is 2. The molecule has 0 heterocycles. The second-order valence-electron chi connectivity index (χ2n) is 5.55. The Morgan fingerprint density at radius 1 is 1.31 bits per heavy atom. The van der Waals surface area contributed by atoms with Crippen molar-refractivity contribution in [2.45, 2.75) is 63.9 Å². The van der Waals surface area contributed by atoms with Crippen molar-refractivity contribution in [2.24, 2.45) is 11.8 Å². The van der Waals surface area contributed by atoms with Crippen LogP contribution in [0.3, 0.4) is 0 Å². The molecule has 2 aliphatic carbocycles. The van der Waals surface area contributed by atoms with Gasteiger partial charge in [0, 0.05) is 13.0 Å². The highest BCUT2D eigenvalue weighted by atomic mass is 16.5. The molecule has 0 radical (unpaired) electrons. The van der Waals surface area contributed by atoms with Gasteiger partial charge in [-0.3, -0.25) is 4.79 Å². The summed E-state index contributed by atoms with van der Waals surface area (Å²) in [7, 11) is 1.71. The average molecular weight is 224 g/mol. The van der Waals surface area contributed by atoms with E-state index in [4.69, 9.17) is 4.74 Å². The van der Waals surface area contributed by atoms with Gasteiger partial charge >= 0.3 is 0 Å². The van der Waals surface area contributed by atoms with Gasteiger partial charge in [0.05, 0.1) is 0 Å². The van der Waals surface area contributed by atoms with Gasteiger partial charge in [0.2, 0.25) is 0 Å². The first kappa shape index (κ1) is 12.1. The van der Waals surface area contributed by atoms with Crippen LogP contribution < -0.4 is 0 Å². The second kappa shape index (κ2) is 4.87. The smallest absolute Gasteiger partial charge is 0.167 e. The minimum Gasteiger partial charge on any atom is -0.370 e. The molecule has 2 nitrogen and oxygen atoms in total. The van der Waals surface area contributed by atoms with Crippen molar-refractivity contribution >= 4 is 5.78 Å². The van der Waals surface area contributed by atoms with E-state index in [0.717, 1.165) is 38.0 Å². The van der Waals surface area contributed by atoms with Crippen LogP contribution in [0.1, 0.15) is 58.3 Å². The van der Waals surface area contributed by atoms with E-state index in [-0.39, 0.29) is 5.60 Å². The fraction of sp³-hybridized carbons (Fsp3) is 0.929. The van der Waals surface area contributed by atoms with Gasteiger partial charge in [-0.15, -0.1) is 0 Å². The minimum absolute atomic E-state index is 0.291. The highest BCUT2D eigenvalue weighted by Gasteiger charge is 2.47. The third-order valence-corrected chi connectivity index (χ3v) is 4.73. The number of Topliss-reactive ketones (excluding diaryl/α,β-unsaturated/α-hetero) is 1. The first-order chi connectivity index (χ1) is 7.72. The predicted molar refractivity (Wildman–Crippen MR) is 64.3 cm³/mol. The van der Waals surface area contributed by atoms with Gasteiger partial charge in [0.1, 0.15) is 5.60 Å². The lowest BCUT2D eigenvalue weighted by Crippen LogP contribution is -2.50. The summed E-state index contributed by atoms with van der Waals surface area (Å²) in [6, 6.07) is 0. The molecule has 0 aliphatic heterocycles. The maximum Gasteiger partial charge on any atom is 0.167 e. The maximum absolute atomic E-state index is 12.5. The van der Waals surface area contributed by atoms with Gasteiger partial charge in [-0.25, -0.2) is 0 Å². The first-order valence-corrected chi connectivity index (χ1v) is 6.81. The molecule has 2 heteroatoms. The number of carbonyl (C=O) groups excluding carboxylic acids is 1. The van der Waals surface area contributed by atoms with Crippen LogP contribution in [0, 0.1) is 11.8 Å². The maximum atomic E-state index is 12.5. The topological polar surface area (TPSA) is 26.3 Å². The SMILES string of the molecule is CCC1CCCC(C(=O)C2(OC)CCC2)C1. The van der Waals surface area contributed by atoms with E-state index in [2.05, 4.69) is 6.92 Å².